The second-order valence-electron chi connectivity index (χ2n) is 6.28. The number of hydrogen-bond acceptors (Lipinski definition) is 3. The highest BCUT2D eigenvalue weighted by atomic mass is 19.1. The molecule has 0 bridgehead atoms. The van der Waals surface area contributed by atoms with Crippen molar-refractivity contribution in [2.45, 2.75) is 12.5 Å². The van der Waals surface area contributed by atoms with Crippen molar-refractivity contribution in [1.29, 1.82) is 0 Å². The Hall–Kier alpha value is -3.47. The second kappa shape index (κ2) is 9.46. The number of hydrogen-bond donors (Lipinski definition) is 1. The van der Waals surface area contributed by atoms with Gasteiger partial charge in [-0.15, -0.1) is 0 Å². The van der Waals surface area contributed by atoms with Gasteiger partial charge in [-0.25, -0.2) is 9.18 Å². The molecular weight excluding hydrogens is 357 g/mol. The molecule has 0 aliphatic carbocycles. The molecule has 0 aliphatic heterocycles. The van der Waals surface area contributed by atoms with E-state index in [2.05, 4.69) is 5.32 Å². The van der Waals surface area contributed by atoms with Gasteiger partial charge in [-0.05, 0) is 29.7 Å². The molecular formula is C23H20FNO3. The summed E-state index contributed by atoms with van der Waals surface area (Å²) in [5, 5.41) is 2.89. The van der Waals surface area contributed by atoms with Gasteiger partial charge in [-0.2, -0.15) is 0 Å². The van der Waals surface area contributed by atoms with Crippen molar-refractivity contribution in [3.05, 3.63) is 107 Å². The summed E-state index contributed by atoms with van der Waals surface area (Å²) < 4.78 is 18.6. The molecule has 0 radical (unpaired) electrons. The maximum Gasteiger partial charge on any atom is 0.341 e. The van der Waals surface area contributed by atoms with Crippen LogP contribution in [0, 0.1) is 5.82 Å². The highest BCUT2D eigenvalue weighted by Gasteiger charge is 2.18. The van der Waals surface area contributed by atoms with E-state index in [-0.39, 0.29) is 11.6 Å². The molecule has 0 aromatic heterocycles. The zero-order valence-corrected chi connectivity index (χ0v) is 15.2. The molecule has 0 fully saturated rings. The fourth-order valence-electron chi connectivity index (χ4n) is 2.86. The summed E-state index contributed by atoms with van der Waals surface area (Å²) in [6, 6.07) is 24.6. The van der Waals surface area contributed by atoms with Crippen LogP contribution in [0.4, 0.5) is 4.39 Å². The molecule has 28 heavy (non-hydrogen) atoms. The third-order valence-corrected chi connectivity index (χ3v) is 4.25. The highest BCUT2D eigenvalue weighted by Crippen LogP contribution is 2.18. The molecule has 0 spiro atoms. The normalized spacial score (nSPS) is 11.5. The van der Waals surface area contributed by atoms with Gasteiger partial charge in [0.15, 0.2) is 6.61 Å². The average molecular weight is 377 g/mol. The first-order valence-electron chi connectivity index (χ1n) is 8.93. The maximum atomic E-state index is 13.6. The summed E-state index contributed by atoms with van der Waals surface area (Å²) in [6.07, 6.45) is 0.595. The third-order valence-electron chi connectivity index (χ3n) is 4.25. The Morgan fingerprint density at radius 3 is 2.14 bits per heavy atom. The van der Waals surface area contributed by atoms with Crippen LogP contribution < -0.4 is 5.32 Å². The van der Waals surface area contributed by atoms with Crippen molar-refractivity contribution in [2.75, 3.05) is 6.61 Å². The third kappa shape index (κ3) is 5.27. The summed E-state index contributed by atoms with van der Waals surface area (Å²) in [6.45, 7) is -0.481. The van der Waals surface area contributed by atoms with Crippen molar-refractivity contribution in [3.63, 3.8) is 0 Å². The van der Waals surface area contributed by atoms with Crippen LogP contribution in [-0.4, -0.2) is 18.5 Å². The zero-order chi connectivity index (χ0) is 19.8. The standard InChI is InChI=1S/C23H20FNO3/c24-20-14-8-7-13-19(20)23(27)28-16-22(26)25-21(18-11-5-2-6-12-18)15-17-9-3-1-4-10-17/h1-14,21H,15-16H2,(H,25,26)/t21-/m0/s1. The first-order valence-corrected chi connectivity index (χ1v) is 8.93. The van der Waals surface area contributed by atoms with E-state index in [1.165, 1.54) is 24.3 Å². The van der Waals surface area contributed by atoms with E-state index in [9.17, 15) is 14.0 Å². The minimum atomic E-state index is -0.868. The van der Waals surface area contributed by atoms with Gasteiger partial charge in [-0.1, -0.05) is 72.8 Å². The number of esters is 1. The highest BCUT2D eigenvalue weighted by molar-refractivity contribution is 5.91. The van der Waals surface area contributed by atoms with Gasteiger partial charge in [0.2, 0.25) is 0 Å². The van der Waals surface area contributed by atoms with E-state index < -0.39 is 24.3 Å². The Labute approximate surface area is 163 Å². The molecule has 1 atom stereocenters. The van der Waals surface area contributed by atoms with Crippen LogP contribution in [0.25, 0.3) is 0 Å². The summed E-state index contributed by atoms with van der Waals surface area (Å²) in [5.74, 6) is -2.00. The lowest BCUT2D eigenvalue weighted by Gasteiger charge is -2.19. The Kier molecular flexibility index (Phi) is 6.52. The largest absolute Gasteiger partial charge is 0.452 e. The molecule has 0 saturated carbocycles. The van der Waals surface area contributed by atoms with Crippen LogP contribution in [0.2, 0.25) is 0 Å². The fraction of sp³-hybridized carbons (Fsp3) is 0.130. The zero-order valence-electron chi connectivity index (χ0n) is 15.2. The molecule has 1 amide bonds. The Morgan fingerprint density at radius 2 is 1.46 bits per heavy atom. The molecule has 0 heterocycles. The van der Waals surface area contributed by atoms with Crippen LogP contribution in [0.5, 0.6) is 0 Å². The summed E-state index contributed by atoms with van der Waals surface area (Å²) in [5.41, 5.74) is 1.82. The van der Waals surface area contributed by atoms with Gasteiger partial charge in [-0.3, -0.25) is 4.79 Å². The predicted octanol–water partition coefficient (Wildman–Crippen LogP) is 4.08. The van der Waals surface area contributed by atoms with Crippen LogP contribution in [0.3, 0.4) is 0 Å². The molecule has 0 aliphatic rings. The molecule has 5 heteroatoms. The quantitative estimate of drug-likeness (QED) is 0.631. The molecule has 3 aromatic carbocycles. The lowest BCUT2D eigenvalue weighted by atomic mass is 9.99. The van der Waals surface area contributed by atoms with Gasteiger partial charge in [0.05, 0.1) is 11.6 Å². The maximum absolute atomic E-state index is 13.6. The van der Waals surface area contributed by atoms with Crippen LogP contribution in [0.15, 0.2) is 84.9 Å². The molecule has 3 aromatic rings. The SMILES string of the molecule is O=C(COC(=O)c1ccccc1F)N[C@@H](Cc1ccccc1)c1ccccc1. The van der Waals surface area contributed by atoms with E-state index >= 15 is 0 Å². The Morgan fingerprint density at radius 1 is 0.857 bits per heavy atom. The monoisotopic (exact) mass is 377 g/mol. The average Bonchev–Trinajstić information content (AvgIpc) is 2.73. The van der Waals surface area contributed by atoms with Gasteiger partial charge < -0.3 is 10.1 Å². The number of halogens is 1. The van der Waals surface area contributed by atoms with E-state index in [0.717, 1.165) is 11.1 Å². The predicted molar refractivity (Wildman–Crippen MR) is 104 cm³/mol. The van der Waals surface area contributed by atoms with Gasteiger partial charge >= 0.3 is 5.97 Å². The van der Waals surface area contributed by atoms with E-state index in [1.807, 2.05) is 60.7 Å². The van der Waals surface area contributed by atoms with Crippen LogP contribution >= 0.6 is 0 Å². The molecule has 0 saturated heterocycles. The topological polar surface area (TPSA) is 55.4 Å². The summed E-state index contributed by atoms with van der Waals surface area (Å²) in [4.78, 5) is 24.3. The Bertz CT molecular complexity index is 929. The fourth-order valence-corrected chi connectivity index (χ4v) is 2.86. The van der Waals surface area contributed by atoms with Crippen LogP contribution in [-0.2, 0) is 16.0 Å². The number of carbonyl (C=O) groups excluding carboxylic acids is 2. The molecule has 3 rings (SSSR count). The summed E-state index contributed by atoms with van der Waals surface area (Å²) >= 11 is 0. The van der Waals surface area contributed by atoms with Crippen molar-refractivity contribution >= 4 is 11.9 Å². The van der Waals surface area contributed by atoms with Gasteiger partial charge in [0, 0.05) is 0 Å². The lowest BCUT2D eigenvalue weighted by molar-refractivity contribution is -0.125. The molecule has 1 N–H and O–H groups in total. The second-order valence-corrected chi connectivity index (χ2v) is 6.28. The van der Waals surface area contributed by atoms with Crippen molar-refractivity contribution in [2.24, 2.45) is 0 Å². The minimum absolute atomic E-state index is 0.195. The van der Waals surface area contributed by atoms with Crippen LogP contribution in [0.1, 0.15) is 27.5 Å². The first-order chi connectivity index (χ1) is 13.6. The number of rotatable bonds is 7. The molecule has 142 valence electrons. The Balaban J connectivity index is 1.64. The van der Waals surface area contributed by atoms with Crippen molar-refractivity contribution < 1.29 is 18.7 Å². The number of ether oxygens (including phenoxy) is 1. The van der Waals surface area contributed by atoms with Gasteiger partial charge in [0.1, 0.15) is 5.82 Å². The minimum Gasteiger partial charge on any atom is -0.452 e. The molecule has 4 nitrogen and oxygen atoms in total. The first kappa shape index (κ1) is 19.3. The smallest absolute Gasteiger partial charge is 0.341 e. The summed E-state index contributed by atoms with van der Waals surface area (Å²) in [7, 11) is 0. The molecule has 0 unspecified atom stereocenters. The van der Waals surface area contributed by atoms with E-state index in [1.54, 1.807) is 0 Å². The van der Waals surface area contributed by atoms with E-state index in [4.69, 9.17) is 4.74 Å². The van der Waals surface area contributed by atoms with Gasteiger partial charge in [0.25, 0.3) is 5.91 Å². The van der Waals surface area contributed by atoms with Crippen molar-refractivity contribution in [1.82, 2.24) is 5.32 Å². The number of carbonyl (C=O) groups is 2. The number of nitrogens with one attached hydrogen (secondary N) is 1. The number of amides is 1. The van der Waals surface area contributed by atoms with Crippen molar-refractivity contribution in [3.8, 4) is 0 Å². The number of benzene rings is 3. The lowest BCUT2D eigenvalue weighted by Crippen LogP contribution is -2.33. The van der Waals surface area contributed by atoms with E-state index in [0.29, 0.717) is 6.42 Å².